The van der Waals surface area contributed by atoms with E-state index < -0.39 is 0 Å². The van der Waals surface area contributed by atoms with E-state index >= 15 is 0 Å². The van der Waals surface area contributed by atoms with E-state index in [1.807, 2.05) is 12.1 Å². The van der Waals surface area contributed by atoms with Crippen molar-refractivity contribution in [1.29, 1.82) is 0 Å². The number of rotatable bonds is 3. The lowest BCUT2D eigenvalue weighted by molar-refractivity contribution is 0.414. The molecule has 1 unspecified atom stereocenters. The summed E-state index contributed by atoms with van der Waals surface area (Å²) in [6.07, 6.45) is 0. The summed E-state index contributed by atoms with van der Waals surface area (Å²) in [4.78, 5) is 0.179. The summed E-state index contributed by atoms with van der Waals surface area (Å²) in [5, 5.41) is 0. The zero-order chi connectivity index (χ0) is 13.1. The van der Waals surface area contributed by atoms with Crippen LogP contribution in [0.1, 0.15) is 21.5 Å². The molecule has 0 aliphatic carbocycles. The second-order valence-corrected chi connectivity index (χ2v) is 5.93. The molecule has 0 fully saturated rings. The molecule has 2 aromatic carbocycles. The molecule has 0 heterocycles. The summed E-state index contributed by atoms with van der Waals surface area (Å²) >= 11 is 7.34. The summed E-state index contributed by atoms with van der Waals surface area (Å²) in [6.45, 7) is 2.09. The molecule has 0 saturated carbocycles. The van der Waals surface area contributed by atoms with Crippen LogP contribution in [0.15, 0.2) is 46.9 Å². The van der Waals surface area contributed by atoms with Gasteiger partial charge >= 0.3 is 0 Å². The third-order valence-electron chi connectivity index (χ3n) is 2.85. The number of ether oxygens (including phenoxy) is 1. The molecule has 3 heteroatoms. The van der Waals surface area contributed by atoms with Gasteiger partial charge in [0.1, 0.15) is 5.75 Å². The van der Waals surface area contributed by atoms with Crippen molar-refractivity contribution < 1.29 is 4.74 Å². The molecule has 0 spiro atoms. The van der Waals surface area contributed by atoms with Crippen LogP contribution in [0.4, 0.5) is 0 Å². The standard InChI is InChI=1S/C15H14Br2O/c1-10-3-5-11(6-4-10)15(17)13-8-7-12(18-2)9-14(13)16/h3-9,15H,1-2H3. The minimum atomic E-state index is 0.179. The van der Waals surface area contributed by atoms with Crippen LogP contribution in [0.3, 0.4) is 0 Å². The molecule has 2 aromatic rings. The van der Waals surface area contributed by atoms with Gasteiger partial charge in [-0.25, -0.2) is 0 Å². The first-order chi connectivity index (χ1) is 8.61. The first kappa shape index (κ1) is 13.6. The van der Waals surface area contributed by atoms with Gasteiger partial charge in [-0.05, 0) is 30.2 Å². The Labute approximate surface area is 124 Å². The molecule has 0 aliphatic heterocycles. The van der Waals surface area contributed by atoms with Crippen LogP contribution >= 0.6 is 31.9 Å². The maximum atomic E-state index is 5.21. The van der Waals surface area contributed by atoms with E-state index in [0.29, 0.717) is 0 Å². The first-order valence-electron chi connectivity index (χ1n) is 5.66. The van der Waals surface area contributed by atoms with Crippen LogP contribution in [0, 0.1) is 6.92 Å². The summed E-state index contributed by atoms with van der Waals surface area (Å²) < 4.78 is 6.25. The highest BCUT2D eigenvalue weighted by atomic mass is 79.9. The average molecular weight is 370 g/mol. The number of aryl methyl sites for hydroxylation is 1. The SMILES string of the molecule is COc1ccc(C(Br)c2ccc(C)cc2)c(Br)c1. The summed E-state index contributed by atoms with van der Waals surface area (Å²) in [5.74, 6) is 0.856. The predicted molar refractivity (Wildman–Crippen MR) is 82.6 cm³/mol. The molecule has 0 aliphatic rings. The summed E-state index contributed by atoms with van der Waals surface area (Å²) in [5.41, 5.74) is 3.71. The van der Waals surface area contributed by atoms with Gasteiger partial charge in [-0.2, -0.15) is 0 Å². The Hall–Kier alpha value is -0.800. The predicted octanol–water partition coefficient (Wildman–Crippen LogP) is 5.25. The van der Waals surface area contributed by atoms with Gasteiger partial charge < -0.3 is 4.74 Å². The van der Waals surface area contributed by atoms with E-state index in [1.54, 1.807) is 7.11 Å². The normalized spacial score (nSPS) is 12.2. The van der Waals surface area contributed by atoms with Gasteiger partial charge in [0.15, 0.2) is 0 Å². The van der Waals surface area contributed by atoms with Gasteiger partial charge in [0.05, 0.1) is 11.9 Å². The van der Waals surface area contributed by atoms with Gasteiger partial charge in [-0.3, -0.25) is 0 Å². The van der Waals surface area contributed by atoms with E-state index in [1.165, 1.54) is 16.7 Å². The fraction of sp³-hybridized carbons (Fsp3) is 0.200. The number of methoxy groups -OCH3 is 1. The van der Waals surface area contributed by atoms with Crippen molar-refractivity contribution in [2.45, 2.75) is 11.8 Å². The first-order valence-corrected chi connectivity index (χ1v) is 7.36. The minimum Gasteiger partial charge on any atom is -0.497 e. The Kier molecular flexibility index (Phi) is 4.46. The van der Waals surface area contributed by atoms with Gasteiger partial charge in [-0.1, -0.05) is 67.8 Å². The third-order valence-corrected chi connectivity index (χ3v) is 4.56. The average Bonchev–Trinajstić information content (AvgIpc) is 2.38. The third kappa shape index (κ3) is 2.96. The van der Waals surface area contributed by atoms with Crippen molar-refractivity contribution in [2.75, 3.05) is 7.11 Å². The van der Waals surface area contributed by atoms with Crippen molar-refractivity contribution in [3.8, 4) is 5.75 Å². The van der Waals surface area contributed by atoms with Gasteiger partial charge in [0.25, 0.3) is 0 Å². The Balaban J connectivity index is 2.33. The van der Waals surface area contributed by atoms with Gasteiger partial charge in [0.2, 0.25) is 0 Å². The van der Waals surface area contributed by atoms with Crippen molar-refractivity contribution in [2.24, 2.45) is 0 Å². The monoisotopic (exact) mass is 368 g/mol. The molecule has 1 nitrogen and oxygen atoms in total. The fourth-order valence-corrected chi connectivity index (χ4v) is 3.35. The molecular formula is C15H14Br2O. The van der Waals surface area contributed by atoms with E-state index in [9.17, 15) is 0 Å². The summed E-state index contributed by atoms with van der Waals surface area (Å²) in [7, 11) is 1.67. The zero-order valence-corrected chi connectivity index (χ0v) is 13.5. The Morgan fingerprint density at radius 3 is 2.28 bits per heavy atom. The molecular weight excluding hydrogens is 356 g/mol. The van der Waals surface area contributed by atoms with Crippen LogP contribution in [-0.4, -0.2) is 7.11 Å². The fourth-order valence-electron chi connectivity index (χ4n) is 1.76. The number of hydrogen-bond acceptors (Lipinski definition) is 1. The van der Waals surface area contributed by atoms with Crippen molar-refractivity contribution >= 4 is 31.9 Å². The van der Waals surface area contributed by atoms with Gasteiger partial charge in [0, 0.05) is 4.47 Å². The number of benzene rings is 2. The lowest BCUT2D eigenvalue weighted by atomic mass is 10.0. The topological polar surface area (TPSA) is 9.23 Å². The van der Waals surface area contributed by atoms with Crippen molar-refractivity contribution in [3.63, 3.8) is 0 Å². The minimum absolute atomic E-state index is 0.179. The largest absolute Gasteiger partial charge is 0.497 e. The van der Waals surface area contributed by atoms with E-state index in [4.69, 9.17) is 4.74 Å². The van der Waals surface area contributed by atoms with E-state index in [0.717, 1.165) is 10.2 Å². The van der Waals surface area contributed by atoms with E-state index in [-0.39, 0.29) is 4.83 Å². The number of halogens is 2. The number of alkyl halides is 1. The molecule has 18 heavy (non-hydrogen) atoms. The lowest BCUT2D eigenvalue weighted by Gasteiger charge is -2.14. The Bertz CT molecular complexity index is 535. The zero-order valence-electron chi connectivity index (χ0n) is 10.3. The van der Waals surface area contributed by atoms with Gasteiger partial charge in [-0.15, -0.1) is 0 Å². The molecule has 2 rings (SSSR count). The molecule has 0 bridgehead atoms. The van der Waals surface area contributed by atoms with Crippen LogP contribution < -0.4 is 4.74 Å². The Morgan fingerprint density at radius 1 is 1.06 bits per heavy atom. The van der Waals surface area contributed by atoms with Crippen LogP contribution in [0.2, 0.25) is 0 Å². The van der Waals surface area contributed by atoms with Crippen LogP contribution in [0.25, 0.3) is 0 Å². The quantitative estimate of drug-likeness (QED) is 0.671. The van der Waals surface area contributed by atoms with Crippen molar-refractivity contribution in [1.82, 2.24) is 0 Å². The number of hydrogen-bond donors (Lipinski definition) is 0. The maximum Gasteiger partial charge on any atom is 0.120 e. The maximum absolute atomic E-state index is 5.21. The molecule has 0 saturated heterocycles. The van der Waals surface area contributed by atoms with E-state index in [2.05, 4.69) is 69.1 Å². The molecule has 0 amide bonds. The second-order valence-electron chi connectivity index (χ2n) is 4.16. The van der Waals surface area contributed by atoms with Crippen LogP contribution in [0.5, 0.6) is 5.75 Å². The second kappa shape index (κ2) is 5.89. The molecule has 0 N–H and O–H groups in total. The highest BCUT2D eigenvalue weighted by molar-refractivity contribution is 9.11. The van der Waals surface area contributed by atoms with Crippen LogP contribution in [-0.2, 0) is 0 Å². The molecule has 94 valence electrons. The summed E-state index contributed by atoms with van der Waals surface area (Å²) in [6, 6.07) is 14.6. The van der Waals surface area contributed by atoms with Crippen molar-refractivity contribution in [3.05, 3.63) is 63.6 Å². The smallest absolute Gasteiger partial charge is 0.120 e. The highest BCUT2D eigenvalue weighted by Gasteiger charge is 2.13. The lowest BCUT2D eigenvalue weighted by Crippen LogP contribution is -1.95. The highest BCUT2D eigenvalue weighted by Crippen LogP contribution is 2.36. The molecule has 0 aromatic heterocycles. The molecule has 1 atom stereocenters. The molecule has 0 radical (unpaired) electrons. The Morgan fingerprint density at radius 2 is 1.72 bits per heavy atom.